The van der Waals surface area contributed by atoms with Gasteiger partial charge in [0.1, 0.15) is 0 Å². The number of hydrogen-bond donors (Lipinski definition) is 2. The van der Waals surface area contributed by atoms with Crippen molar-refractivity contribution in [3.63, 3.8) is 0 Å². The summed E-state index contributed by atoms with van der Waals surface area (Å²) in [7, 11) is 0. The molecule has 0 amide bonds. The van der Waals surface area contributed by atoms with Crippen LogP contribution in [0.4, 0.5) is 0 Å². The molecule has 0 saturated carbocycles. The Hall–Kier alpha value is -1.67. The van der Waals surface area contributed by atoms with Crippen LogP contribution < -0.4 is 5.48 Å². The minimum Gasteiger partial charge on any atom is -0.465 e. The van der Waals surface area contributed by atoms with Gasteiger partial charge >= 0.3 is 17.9 Å². The van der Waals surface area contributed by atoms with E-state index in [0.29, 0.717) is 0 Å². The molecule has 0 rings (SSSR count). The topological polar surface area (TPSA) is 111 Å². The van der Waals surface area contributed by atoms with Crippen molar-refractivity contribution in [3.05, 3.63) is 0 Å². The average Bonchev–Trinajstić information content (AvgIpc) is 2.36. The molecule has 19 heavy (non-hydrogen) atoms. The summed E-state index contributed by atoms with van der Waals surface area (Å²) in [5.74, 6) is -3.39. The van der Waals surface area contributed by atoms with Crippen molar-refractivity contribution >= 4 is 17.9 Å². The molecule has 0 aliphatic carbocycles. The van der Waals surface area contributed by atoms with Crippen LogP contribution in [0.2, 0.25) is 0 Å². The molecule has 0 aromatic heterocycles. The molecule has 0 fully saturated rings. The SMILES string of the molecule is CCOC(=O)C(CNO)(C(=O)OCC)C(=O)OCC. The van der Waals surface area contributed by atoms with Gasteiger partial charge in [-0.25, -0.2) is 5.48 Å². The predicted octanol–water partition coefficient (Wildman–Crippen LogP) is -0.359. The zero-order valence-electron chi connectivity index (χ0n) is 11.2. The third-order valence-electron chi connectivity index (χ3n) is 2.22. The fourth-order valence-corrected chi connectivity index (χ4v) is 1.35. The first kappa shape index (κ1) is 17.3. The van der Waals surface area contributed by atoms with Gasteiger partial charge in [-0.15, -0.1) is 0 Å². The fourth-order valence-electron chi connectivity index (χ4n) is 1.35. The molecule has 0 radical (unpaired) electrons. The quantitative estimate of drug-likeness (QED) is 0.268. The normalized spacial score (nSPS) is 10.7. The fraction of sp³-hybridized carbons (Fsp3) is 0.727. The van der Waals surface area contributed by atoms with Crippen LogP contribution in [0.3, 0.4) is 0 Å². The Balaban J connectivity index is 5.51. The summed E-state index contributed by atoms with van der Waals surface area (Å²) in [6.07, 6.45) is 0. The first-order valence-corrected chi connectivity index (χ1v) is 5.89. The van der Waals surface area contributed by atoms with E-state index in [1.165, 1.54) is 20.8 Å². The average molecular weight is 277 g/mol. The van der Waals surface area contributed by atoms with Crippen LogP contribution in [0.5, 0.6) is 0 Å². The molecule has 0 spiro atoms. The standard InChI is InChI=1S/C11H19NO7/c1-4-17-8(13)11(7-12-16,9(14)18-5-2)10(15)19-6-3/h12,16H,4-7H2,1-3H3. The number of ether oxygens (including phenoxy) is 3. The maximum absolute atomic E-state index is 11.9. The number of rotatable bonds is 8. The van der Waals surface area contributed by atoms with E-state index in [1.807, 2.05) is 0 Å². The molecular weight excluding hydrogens is 258 g/mol. The van der Waals surface area contributed by atoms with Gasteiger partial charge in [0.25, 0.3) is 5.41 Å². The van der Waals surface area contributed by atoms with E-state index in [2.05, 4.69) is 0 Å². The Bertz CT molecular complexity index is 283. The smallest absolute Gasteiger partial charge is 0.336 e. The van der Waals surface area contributed by atoms with Crippen LogP contribution in [0.25, 0.3) is 0 Å². The van der Waals surface area contributed by atoms with Gasteiger partial charge in [0.05, 0.1) is 26.4 Å². The van der Waals surface area contributed by atoms with E-state index in [0.717, 1.165) is 0 Å². The number of hydrogen-bond acceptors (Lipinski definition) is 8. The van der Waals surface area contributed by atoms with E-state index < -0.39 is 29.9 Å². The second kappa shape index (κ2) is 8.44. The molecule has 0 saturated heterocycles. The molecule has 0 heterocycles. The number of nitrogens with one attached hydrogen (secondary N) is 1. The third kappa shape index (κ3) is 3.90. The number of carbonyl (C=O) groups is 3. The first-order chi connectivity index (χ1) is 9.00. The Kier molecular flexibility index (Phi) is 7.69. The van der Waals surface area contributed by atoms with Crippen LogP contribution in [-0.4, -0.2) is 49.5 Å². The highest BCUT2D eigenvalue weighted by Crippen LogP contribution is 2.23. The van der Waals surface area contributed by atoms with Crippen molar-refractivity contribution in [3.8, 4) is 0 Å². The molecule has 0 aliphatic rings. The molecule has 8 heteroatoms. The van der Waals surface area contributed by atoms with Crippen LogP contribution in [0.15, 0.2) is 0 Å². The summed E-state index contributed by atoms with van der Waals surface area (Å²) in [6.45, 7) is 3.76. The molecule has 0 atom stereocenters. The van der Waals surface area contributed by atoms with Crippen molar-refractivity contribution < 1.29 is 33.8 Å². The van der Waals surface area contributed by atoms with Gasteiger partial charge in [-0.2, -0.15) is 0 Å². The van der Waals surface area contributed by atoms with Gasteiger partial charge in [0.2, 0.25) is 0 Å². The van der Waals surface area contributed by atoms with E-state index >= 15 is 0 Å². The van der Waals surface area contributed by atoms with Crippen molar-refractivity contribution in [1.29, 1.82) is 0 Å². The number of carbonyl (C=O) groups excluding carboxylic acids is 3. The molecule has 8 nitrogen and oxygen atoms in total. The molecule has 0 aliphatic heterocycles. The number of hydroxylamine groups is 1. The largest absolute Gasteiger partial charge is 0.465 e. The van der Waals surface area contributed by atoms with Crippen LogP contribution >= 0.6 is 0 Å². The summed E-state index contributed by atoms with van der Waals surface area (Å²) >= 11 is 0. The molecule has 0 bridgehead atoms. The van der Waals surface area contributed by atoms with E-state index in [9.17, 15) is 14.4 Å². The summed E-state index contributed by atoms with van der Waals surface area (Å²) in [6, 6.07) is 0. The Morgan fingerprint density at radius 2 is 1.21 bits per heavy atom. The Labute approximate surface area is 111 Å². The Morgan fingerprint density at radius 1 is 0.895 bits per heavy atom. The van der Waals surface area contributed by atoms with E-state index in [4.69, 9.17) is 19.4 Å². The molecule has 110 valence electrons. The third-order valence-corrected chi connectivity index (χ3v) is 2.22. The highest BCUT2D eigenvalue weighted by molar-refractivity contribution is 6.18. The summed E-state index contributed by atoms with van der Waals surface area (Å²) in [4.78, 5) is 35.7. The van der Waals surface area contributed by atoms with Crippen molar-refractivity contribution in [2.45, 2.75) is 20.8 Å². The van der Waals surface area contributed by atoms with E-state index in [1.54, 1.807) is 5.48 Å². The minimum atomic E-state index is -2.36. The van der Waals surface area contributed by atoms with Crippen molar-refractivity contribution in [2.24, 2.45) is 5.41 Å². The molecular formula is C11H19NO7. The highest BCUT2D eigenvalue weighted by Gasteiger charge is 2.57. The molecule has 0 unspecified atom stereocenters. The summed E-state index contributed by atoms with van der Waals surface area (Å²) in [5, 5.41) is 8.78. The first-order valence-electron chi connectivity index (χ1n) is 5.89. The lowest BCUT2D eigenvalue weighted by Crippen LogP contribution is -2.55. The van der Waals surface area contributed by atoms with Crippen LogP contribution in [0, 0.1) is 5.41 Å². The van der Waals surface area contributed by atoms with Crippen LogP contribution in [0.1, 0.15) is 20.8 Å². The number of esters is 3. The van der Waals surface area contributed by atoms with Gasteiger partial charge in [0, 0.05) is 0 Å². The lowest BCUT2D eigenvalue weighted by Gasteiger charge is -2.26. The minimum absolute atomic E-state index is 0.0369. The monoisotopic (exact) mass is 277 g/mol. The maximum Gasteiger partial charge on any atom is 0.336 e. The van der Waals surface area contributed by atoms with E-state index in [-0.39, 0.29) is 19.8 Å². The Morgan fingerprint density at radius 3 is 1.42 bits per heavy atom. The van der Waals surface area contributed by atoms with Gasteiger partial charge in [-0.1, -0.05) is 0 Å². The second-order valence-corrected chi connectivity index (χ2v) is 3.40. The lowest BCUT2D eigenvalue weighted by atomic mass is 9.88. The van der Waals surface area contributed by atoms with Gasteiger partial charge in [-0.05, 0) is 20.8 Å². The van der Waals surface area contributed by atoms with Crippen molar-refractivity contribution in [1.82, 2.24) is 5.48 Å². The molecule has 2 N–H and O–H groups in total. The maximum atomic E-state index is 11.9. The molecule has 0 aromatic rings. The van der Waals surface area contributed by atoms with Gasteiger partial charge in [-0.3, -0.25) is 14.4 Å². The van der Waals surface area contributed by atoms with Crippen molar-refractivity contribution in [2.75, 3.05) is 26.4 Å². The van der Waals surface area contributed by atoms with Gasteiger partial charge in [0.15, 0.2) is 0 Å². The summed E-state index contributed by atoms with van der Waals surface area (Å²) in [5.41, 5.74) is -0.740. The lowest BCUT2D eigenvalue weighted by molar-refractivity contribution is -0.184. The highest BCUT2D eigenvalue weighted by atomic mass is 16.6. The van der Waals surface area contributed by atoms with Gasteiger partial charge < -0.3 is 19.4 Å². The summed E-state index contributed by atoms with van der Waals surface area (Å²) < 4.78 is 14.1. The van der Waals surface area contributed by atoms with Crippen LogP contribution in [-0.2, 0) is 28.6 Å². The zero-order chi connectivity index (χ0) is 14.9. The zero-order valence-corrected chi connectivity index (χ0v) is 11.2. The predicted molar refractivity (Wildman–Crippen MR) is 62.1 cm³/mol. The molecule has 0 aromatic carbocycles. The second-order valence-electron chi connectivity index (χ2n) is 3.40.